The number of nitrogens with one attached hydrogen (secondary N) is 3. The van der Waals surface area contributed by atoms with Crippen LogP contribution in [-0.4, -0.2) is 59.7 Å². The zero-order valence-electron chi connectivity index (χ0n) is 14.0. The molecule has 1 rings (SSSR count). The molecule has 3 amide bonds. The van der Waals surface area contributed by atoms with Gasteiger partial charge in [0.05, 0.1) is 12.6 Å². The van der Waals surface area contributed by atoms with Crippen molar-refractivity contribution in [2.24, 2.45) is 5.73 Å². The standard InChI is InChI=1S/C16H22N4O5S/c17-11(9-26)15(24)20-12(6-10-4-2-1-3-5-10)16(25)19-7-13(21)18-8-14(22)23/h1-5,11-12,26H,6-9,17H2,(H,18,21)(H,19,25)(H,20,24)(H,22,23). The van der Waals surface area contributed by atoms with Gasteiger partial charge < -0.3 is 26.8 Å². The van der Waals surface area contributed by atoms with E-state index in [1.807, 2.05) is 6.07 Å². The Balaban J connectivity index is 2.70. The van der Waals surface area contributed by atoms with Crippen molar-refractivity contribution in [1.82, 2.24) is 16.0 Å². The molecule has 6 N–H and O–H groups in total. The first-order valence-electron chi connectivity index (χ1n) is 7.80. The van der Waals surface area contributed by atoms with Crippen LogP contribution in [0.25, 0.3) is 0 Å². The number of carboxylic acids is 1. The molecular formula is C16H22N4O5S. The highest BCUT2D eigenvalue weighted by Crippen LogP contribution is 2.04. The number of aliphatic carboxylic acids is 1. The molecule has 0 aromatic heterocycles. The van der Waals surface area contributed by atoms with Gasteiger partial charge in [-0.1, -0.05) is 30.3 Å². The largest absolute Gasteiger partial charge is 0.480 e. The highest BCUT2D eigenvalue weighted by Gasteiger charge is 2.24. The number of hydrogen-bond acceptors (Lipinski definition) is 6. The van der Waals surface area contributed by atoms with Crippen molar-refractivity contribution in [2.75, 3.05) is 18.8 Å². The first kappa shape index (κ1) is 21.5. The van der Waals surface area contributed by atoms with E-state index in [0.29, 0.717) is 0 Å². The van der Waals surface area contributed by atoms with Gasteiger partial charge in [0.25, 0.3) is 0 Å². The maximum atomic E-state index is 12.4. The molecule has 0 aliphatic rings. The average molecular weight is 382 g/mol. The lowest BCUT2D eigenvalue weighted by Gasteiger charge is -2.20. The fraction of sp³-hybridized carbons (Fsp3) is 0.375. The van der Waals surface area contributed by atoms with Crippen LogP contribution >= 0.6 is 12.6 Å². The summed E-state index contributed by atoms with van der Waals surface area (Å²) in [5, 5.41) is 15.5. The second kappa shape index (κ2) is 11.1. The molecule has 2 unspecified atom stereocenters. The van der Waals surface area contributed by atoms with Gasteiger partial charge in [-0.15, -0.1) is 0 Å². The third-order valence-corrected chi connectivity index (χ3v) is 3.70. The van der Waals surface area contributed by atoms with Crippen LogP contribution in [0.15, 0.2) is 30.3 Å². The van der Waals surface area contributed by atoms with Crippen molar-refractivity contribution in [2.45, 2.75) is 18.5 Å². The maximum Gasteiger partial charge on any atom is 0.322 e. The van der Waals surface area contributed by atoms with Crippen LogP contribution in [0.3, 0.4) is 0 Å². The highest BCUT2D eigenvalue weighted by atomic mass is 32.1. The molecule has 1 aromatic carbocycles. The molecule has 9 nitrogen and oxygen atoms in total. The minimum Gasteiger partial charge on any atom is -0.480 e. The van der Waals surface area contributed by atoms with Crippen molar-refractivity contribution in [3.05, 3.63) is 35.9 Å². The van der Waals surface area contributed by atoms with Gasteiger partial charge in [0, 0.05) is 12.2 Å². The minimum atomic E-state index is -1.19. The Hall–Kier alpha value is -2.59. The predicted octanol–water partition coefficient (Wildman–Crippen LogP) is -1.71. The van der Waals surface area contributed by atoms with Crippen molar-refractivity contribution >= 4 is 36.3 Å². The molecule has 0 heterocycles. The van der Waals surface area contributed by atoms with Gasteiger partial charge in [-0.25, -0.2) is 0 Å². The molecule has 0 saturated heterocycles. The maximum absolute atomic E-state index is 12.4. The van der Waals surface area contributed by atoms with E-state index in [2.05, 4.69) is 28.6 Å². The molecule has 0 aliphatic carbocycles. The van der Waals surface area contributed by atoms with Gasteiger partial charge in [-0.05, 0) is 5.56 Å². The minimum absolute atomic E-state index is 0.114. The second-order valence-electron chi connectivity index (χ2n) is 5.43. The highest BCUT2D eigenvalue weighted by molar-refractivity contribution is 7.80. The normalized spacial score (nSPS) is 12.5. The fourth-order valence-corrected chi connectivity index (χ4v) is 2.11. The zero-order valence-corrected chi connectivity index (χ0v) is 14.9. The van der Waals surface area contributed by atoms with Crippen LogP contribution in [-0.2, 0) is 25.6 Å². The summed E-state index contributed by atoms with van der Waals surface area (Å²) in [6.45, 7) is -0.957. The molecule has 26 heavy (non-hydrogen) atoms. The molecule has 1 aromatic rings. The van der Waals surface area contributed by atoms with Gasteiger partial charge in [0.1, 0.15) is 12.6 Å². The predicted molar refractivity (Wildman–Crippen MR) is 97.6 cm³/mol. The van der Waals surface area contributed by atoms with E-state index in [1.165, 1.54) is 0 Å². The molecule has 0 saturated carbocycles. The molecule has 142 valence electrons. The second-order valence-corrected chi connectivity index (χ2v) is 5.79. The lowest BCUT2D eigenvalue weighted by molar-refractivity contribution is -0.138. The Morgan fingerprint density at radius 3 is 2.27 bits per heavy atom. The summed E-state index contributed by atoms with van der Waals surface area (Å²) in [4.78, 5) is 46.2. The molecular weight excluding hydrogens is 360 g/mol. The molecule has 0 bridgehead atoms. The van der Waals surface area contributed by atoms with E-state index in [1.54, 1.807) is 24.3 Å². The smallest absolute Gasteiger partial charge is 0.322 e. The zero-order chi connectivity index (χ0) is 19.5. The van der Waals surface area contributed by atoms with Gasteiger partial charge in [0.2, 0.25) is 17.7 Å². The molecule has 10 heteroatoms. The number of nitrogens with two attached hydrogens (primary N) is 1. The first-order chi connectivity index (χ1) is 12.3. The van der Waals surface area contributed by atoms with Crippen LogP contribution in [0, 0.1) is 0 Å². The van der Waals surface area contributed by atoms with Crippen molar-refractivity contribution in [3.63, 3.8) is 0 Å². The van der Waals surface area contributed by atoms with Gasteiger partial charge in [-0.2, -0.15) is 12.6 Å². The van der Waals surface area contributed by atoms with E-state index in [4.69, 9.17) is 10.8 Å². The van der Waals surface area contributed by atoms with Gasteiger partial charge >= 0.3 is 5.97 Å². The van der Waals surface area contributed by atoms with Gasteiger partial charge in [0.15, 0.2) is 0 Å². The summed E-state index contributed by atoms with van der Waals surface area (Å²) in [7, 11) is 0. The Morgan fingerprint density at radius 2 is 1.69 bits per heavy atom. The summed E-state index contributed by atoms with van der Waals surface area (Å²) < 4.78 is 0. The average Bonchev–Trinajstić information content (AvgIpc) is 2.63. The summed E-state index contributed by atoms with van der Waals surface area (Å²) in [6, 6.07) is 7.19. The number of amides is 3. The van der Waals surface area contributed by atoms with Crippen molar-refractivity contribution in [1.29, 1.82) is 0 Å². The third-order valence-electron chi connectivity index (χ3n) is 3.31. The van der Waals surface area contributed by atoms with Crippen molar-refractivity contribution in [3.8, 4) is 0 Å². The van der Waals surface area contributed by atoms with Crippen LogP contribution in [0.4, 0.5) is 0 Å². The number of carboxylic acid groups (broad SMARTS) is 1. The lowest BCUT2D eigenvalue weighted by atomic mass is 10.0. The number of thiol groups is 1. The Kier molecular flexibility index (Phi) is 9.17. The molecule has 0 spiro atoms. The fourth-order valence-electron chi connectivity index (χ4n) is 1.95. The number of benzene rings is 1. The van der Waals surface area contributed by atoms with E-state index in [-0.39, 0.29) is 12.2 Å². The van der Waals surface area contributed by atoms with E-state index in [0.717, 1.165) is 5.56 Å². The lowest BCUT2D eigenvalue weighted by Crippen LogP contribution is -2.54. The molecule has 0 fully saturated rings. The first-order valence-corrected chi connectivity index (χ1v) is 8.43. The van der Waals surface area contributed by atoms with Crippen LogP contribution in [0.2, 0.25) is 0 Å². The third kappa shape index (κ3) is 7.99. The SMILES string of the molecule is NC(CS)C(=O)NC(Cc1ccccc1)C(=O)NCC(=O)NCC(=O)O. The monoisotopic (exact) mass is 382 g/mol. The summed E-state index contributed by atoms with van der Waals surface area (Å²) in [5.74, 6) is -2.86. The topological polar surface area (TPSA) is 151 Å². The van der Waals surface area contributed by atoms with Crippen molar-refractivity contribution < 1.29 is 24.3 Å². The summed E-state index contributed by atoms with van der Waals surface area (Å²) >= 11 is 3.95. The van der Waals surface area contributed by atoms with Crippen LogP contribution in [0.1, 0.15) is 5.56 Å². The summed E-state index contributed by atoms with van der Waals surface area (Å²) in [6.07, 6.45) is 0.203. The quantitative estimate of drug-likeness (QED) is 0.265. The van der Waals surface area contributed by atoms with E-state index < -0.39 is 48.9 Å². The molecule has 0 aliphatic heterocycles. The number of hydrogen-bond donors (Lipinski definition) is 6. The van der Waals surface area contributed by atoms with Crippen LogP contribution in [0.5, 0.6) is 0 Å². The van der Waals surface area contributed by atoms with Gasteiger partial charge in [-0.3, -0.25) is 19.2 Å². The summed E-state index contributed by atoms with van der Waals surface area (Å²) in [5.41, 5.74) is 6.42. The van der Waals surface area contributed by atoms with Crippen LogP contribution < -0.4 is 21.7 Å². The number of rotatable bonds is 10. The number of carbonyl (C=O) groups excluding carboxylic acids is 3. The Morgan fingerprint density at radius 1 is 1.04 bits per heavy atom. The Bertz CT molecular complexity index is 641. The van der Waals surface area contributed by atoms with E-state index in [9.17, 15) is 19.2 Å². The number of carbonyl (C=O) groups is 4. The van der Waals surface area contributed by atoms with E-state index >= 15 is 0 Å². The molecule has 2 atom stereocenters. The molecule has 0 radical (unpaired) electrons. The Labute approximate surface area is 156 Å².